The molecule has 1 aromatic heterocycles. The van der Waals surface area contributed by atoms with Crippen LogP contribution in [-0.2, 0) is 21.2 Å². The Morgan fingerprint density at radius 2 is 2.00 bits per heavy atom. The summed E-state index contributed by atoms with van der Waals surface area (Å²) in [7, 11) is -3.57. The zero-order chi connectivity index (χ0) is 19.3. The SMILES string of the molecule is CCS(=O)(=O)C(C)C(=O)Nc1cc(F)cc(C(=O)NCc2ccsc2)c1. The number of benzene rings is 1. The number of carbonyl (C=O) groups excluding carboxylic acids is 2. The van der Waals surface area contributed by atoms with E-state index in [0.29, 0.717) is 6.54 Å². The van der Waals surface area contributed by atoms with Crippen molar-refractivity contribution in [3.8, 4) is 0 Å². The molecule has 1 atom stereocenters. The molecule has 0 spiro atoms. The Hall–Kier alpha value is -2.26. The van der Waals surface area contributed by atoms with Crippen molar-refractivity contribution in [2.45, 2.75) is 25.6 Å². The summed E-state index contributed by atoms with van der Waals surface area (Å²) in [6, 6.07) is 5.23. The smallest absolute Gasteiger partial charge is 0.251 e. The first-order valence-corrected chi connectivity index (χ1v) is 10.5. The van der Waals surface area contributed by atoms with Crippen molar-refractivity contribution >= 4 is 38.7 Å². The number of anilines is 1. The number of carbonyl (C=O) groups is 2. The predicted molar refractivity (Wildman–Crippen MR) is 99.4 cm³/mol. The van der Waals surface area contributed by atoms with Gasteiger partial charge in [0.2, 0.25) is 5.91 Å². The molecule has 2 rings (SSSR count). The van der Waals surface area contributed by atoms with Crippen LogP contribution in [0, 0.1) is 5.82 Å². The molecule has 0 fully saturated rings. The van der Waals surface area contributed by atoms with Crippen LogP contribution < -0.4 is 10.6 Å². The topological polar surface area (TPSA) is 92.3 Å². The fourth-order valence-electron chi connectivity index (χ4n) is 2.13. The van der Waals surface area contributed by atoms with Gasteiger partial charge >= 0.3 is 0 Å². The molecule has 0 saturated carbocycles. The van der Waals surface area contributed by atoms with Gasteiger partial charge in [-0.25, -0.2) is 12.8 Å². The van der Waals surface area contributed by atoms with E-state index in [0.717, 1.165) is 17.7 Å². The molecule has 0 radical (unpaired) electrons. The van der Waals surface area contributed by atoms with Crippen LogP contribution in [0.25, 0.3) is 0 Å². The van der Waals surface area contributed by atoms with Gasteiger partial charge in [-0.3, -0.25) is 9.59 Å². The van der Waals surface area contributed by atoms with Crippen LogP contribution in [0.4, 0.5) is 10.1 Å². The van der Waals surface area contributed by atoms with Crippen LogP contribution in [0.1, 0.15) is 29.8 Å². The highest BCUT2D eigenvalue weighted by atomic mass is 32.2. The van der Waals surface area contributed by atoms with Crippen molar-refractivity contribution in [3.63, 3.8) is 0 Å². The first-order chi connectivity index (χ1) is 12.2. The molecule has 140 valence electrons. The van der Waals surface area contributed by atoms with Gasteiger partial charge in [0.25, 0.3) is 5.91 Å². The minimum absolute atomic E-state index is 0.0221. The van der Waals surface area contributed by atoms with Crippen molar-refractivity contribution in [2.24, 2.45) is 0 Å². The van der Waals surface area contributed by atoms with E-state index in [2.05, 4.69) is 10.6 Å². The minimum atomic E-state index is -3.57. The molecular formula is C17H19FN2O4S2. The molecule has 0 aliphatic rings. The molecule has 0 aliphatic carbocycles. The van der Waals surface area contributed by atoms with Crippen LogP contribution in [0.5, 0.6) is 0 Å². The number of halogens is 1. The highest BCUT2D eigenvalue weighted by Crippen LogP contribution is 2.16. The predicted octanol–water partition coefficient (Wildman–Crippen LogP) is 2.58. The van der Waals surface area contributed by atoms with E-state index in [1.165, 1.54) is 31.3 Å². The zero-order valence-electron chi connectivity index (χ0n) is 14.3. The highest BCUT2D eigenvalue weighted by molar-refractivity contribution is 7.92. The second kappa shape index (κ2) is 8.41. The second-order valence-corrected chi connectivity index (χ2v) is 9.02. The standard InChI is InChI=1S/C17H19FN2O4S2/c1-3-26(23,24)11(2)16(21)20-15-7-13(6-14(18)8-15)17(22)19-9-12-4-5-25-10-12/h4-8,10-11H,3,9H2,1-2H3,(H,19,22)(H,20,21). The summed E-state index contributed by atoms with van der Waals surface area (Å²) in [5.41, 5.74) is 0.974. The summed E-state index contributed by atoms with van der Waals surface area (Å²) in [5.74, 6) is -2.17. The normalized spacial score (nSPS) is 12.4. The lowest BCUT2D eigenvalue weighted by molar-refractivity contribution is -0.115. The number of nitrogens with one attached hydrogen (secondary N) is 2. The van der Waals surface area contributed by atoms with Gasteiger partial charge in [0.1, 0.15) is 11.1 Å². The zero-order valence-corrected chi connectivity index (χ0v) is 15.9. The van der Waals surface area contributed by atoms with Crippen molar-refractivity contribution in [3.05, 3.63) is 52.0 Å². The molecular weight excluding hydrogens is 379 g/mol. The second-order valence-electron chi connectivity index (χ2n) is 5.63. The quantitative estimate of drug-likeness (QED) is 0.750. The third kappa shape index (κ3) is 5.12. The first kappa shape index (κ1) is 20.1. The van der Waals surface area contributed by atoms with E-state index in [1.54, 1.807) is 0 Å². The number of sulfone groups is 1. The van der Waals surface area contributed by atoms with Gasteiger partial charge < -0.3 is 10.6 Å². The maximum atomic E-state index is 13.8. The lowest BCUT2D eigenvalue weighted by Gasteiger charge is -2.13. The summed E-state index contributed by atoms with van der Waals surface area (Å²) < 4.78 is 37.4. The van der Waals surface area contributed by atoms with Crippen LogP contribution in [0.3, 0.4) is 0 Å². The van der Waals surface area contributed by atoms with Gasteiger partial charge in [-0.1, -0.05) is 6.92 Å². The average molecular weight is 398 g/mol. The van der Waals surface area contributed by atoms with E-state index in [9.17, 15) is 22.4 Å². The molecule has 1 heterocycles. The Morgan fingerprint density at radius 3 is 2.62 bits per heavy atom. The number of rotatable bonds is 7. The molecule has 6 nitrogen and oxygen atoms in total. The summed E-state index contributed by atoms with van der Waals surface area (Å²) in [6.07, 6.45) is 0. The van der Waals surface area contributed by atoms with Gasteiger partial charge in [-0.2, -0.15) is 11.3 Å². The molecule has 1 unspecified atom stereocenters. The van der Waals surface area contributed by atoms with Crippen molar-refractivity contribution in [1.82, 2.24) is 5.32 Å². The lowest BCUT2D eigenvalue weighted by Crippen LogP contribution is -2.33. The number of thiophene rings is 1. The fraction of sp³-hybridized carbons (Fsp3) is 0.294. The largest absolute Gasteiger partial charge is 0.348 e. The van der Waals surface area contributed by atoms with Gasteiger partial charge in [-0.15, -0.1) is 0 Å². The Kier molecular flexibility index (Phi) is 6.49. The third-order valence-electron chi connectivity index (χ3n) is 3.77. The Labute approximate surface area is 155 Å². The van der Waals surface area contributed by atoms with Crippen LogP contribution >= 0.6 is 11.3 Å². The van der Waals surface area contributed by atoms with Crippen LogP contribution in [0.2, 0.25) is 0 Å². The maximum Gasteiger partial charge on any atom is 0.251 e. The van der Waals surface area contributed by atoms with Crippen molar-refractivity contribution in [1.29, 1.82) is 0 Å². The third-order valence-corrected chi connectivity index (χ3v) is 6.60. The van der Waals surface area contributed by atoms with Crippen LogP contribution in [-0.4, -0.2) is 31.2 Å². The molecule has 9 heteroatoms. The molecule has 1 aromatic carbocycles. The van der Waals surface area contributed by atoms with E-state index in [1.807, 2.05) is 16.8 Å². The fourth-order valence-corrected chi connectivity index (χ4v) is 3.68. The Balaban J connectivity index is 2.11. The van der Waals surface area contributed by atoms with Gasteiger partial charge in [0, 0.05) is 23.5 Å². The molecule has 2 N–H and O–H groups in total. The summed E-state index contributed by atoms with van der Waals surface area (Å²) in [5, 5.41) is 7.50. The monoisotopic (exact) mass is 398 g/mol. The minimum Gasteiger partial charge on any atom is -0.348 e. The van der Waals surface area contributed by atoms with Crippen LogP contribution in [0.15, 0.2) is 35.0 Å². The van der Waals surface area contributed by atoms with Gasteiger partial charge in [-0.05, 0) is 47.5 Å². The van der Waals surface area contributed by atoms with Gasteiger partial charge in [0.15, 0.2) is 9.84 Å². The molecule has 0 bridgehead atoms. The molecule has 2 amide bonds. The van der Waals surface area contributed by atoms with E-state index < -0.39 is 32.7 Å². The average Bonchev–Trinajstić information content (AvgIpc) is 3.11. The number of hydrogen-bond donors (Lipinski definition) is 2. The maximum absolute atomic E-state index is 13.8. The summed E-state index contributed by atoms with van der Waals surface area (Å²) in [4.78, 5) is 24.3. The Morgan fingerprint density at radius 1 is 1.27 bits per heavy atom. The summed E-state index contributed by atoms with van der Waals surface area (Å²) in [6.45, 7) is 3.01. The van der Waals surface area contributed by atoms with E-state index >= 15 is 0 Å². The molecule has 0 saturated heterocycles. The summed E-state index contributed by atoms with van der Waals surface area (Å²) >= 11 is 1.50. The van der Waals surface area contributed by atoms with Gasteiger partial charge in [0.05, 0.1) is 0 Å². The highest BCUT2D eigenvalue weighted by Gasteiger charge is 2.26. The molecule has 26 heavy (non-hydrogen) atoms. The number of hydrogen-bond acceptors (Lipinski definition) is 5. The Bertz CT molecular complexity index is 895. The molecule has 2 aromatic rings. The molecule has 0 aliphatic heterocycles. The van der Waals surface area contributed by atoms with Crippen molar-refractivity contribution < 1.29 is 22.4 Å². The first-order valence-electron chi connectivity index (χ1n) is 7.85. The van der Waals surface area contributed by atoms with Crippen molar-refractivity contribution in [2.75, 3.05) is 11.1 Å². The number of amides is 2. The van der Waals surface area contributed by atoms with E-state index in [-0.39, 0.29) is 17.0 Å². The lowest BCUT2D eigenvalue weighted by atomic mass is 10.1. The van der Waals surface area contributed by atoms with E-state index in [4.69, 9.17) is 0 Å².